The Morgan fingerprint density at radius 2 is 1.70 bits per heavy atom. The molecule has 0 aliphatic heterocycles. The quantitative estimate of drug-likeness (QED) is 0.556. The second-order valence-electron chi connectivity index (χ2n) is 5.06. The minimum absolute atomic E-state index is 0.802. The molecule has 0 aliphatic rings. The van der Waals surface area contributed by atoms with Crippen molar-refractivity contribution in [2.24, 2.45) is 0 Å². The Morgan fingerprint density at radius 1 is 0.950 bits per heavy atom. The summed E-state index contributed by atoms with van der Waals surface area (Å²) in [4.78, 5) is 0. The molecule has 0 aliphatic carbocycles. The van der Waals surface area contributed by atoms with Gasteiger partial charge in [-0.2, -0.15) is 0 Å². The third-order valence-electron chi connectivity index (χ3n) is 3.66. The van der Waals surface area contributed by atoms with E-state index in [1.165, 1.54) is 16.6 Å². The molecule has 0 unspecified atom stereocenters. The Labute approximate surface area is 116 Å². The highest BCUT2D eigenvalue weighted by atomic mass is 15.3. The number of imidazole rings is 1. The zero-order valence-electron chi connectivity index (χ0n) is 11.2. The first kappa shape index (κ1) is 11.2. The lowest BCUT2D eigenvalue weighted by atomic mass is 10.1. The summed E-state index contributed by atoms with van der Waals surface area (Å²) < 4.78 is 4.23. The Hall–Kier alpha value is -2.62. The van der Waals surface area contributed by atoms with E-state index in [1.807, 2.05) is 10.5 Å². The predicted molar refractivity (Wildman–Crippen MR) is 78.8 cm³/mol. The fourth-order valence-electron chi connectivity index (χ4n) is 2.62. The molecule has 2 heterocycles. The van der Waals surface area contributed by atoms with Crippen molar-refractivity contribution < 1.29 is 0 Å². The smallest absolute Gasteiger partial charge is 0.236 e. The summed E-state index contributed by atoms with van der Waals surface area (Å²) >= 11 is 0. The van der Waals surface area contributed by atoms with Crippen LogP contribution in [0.1, 0.15) is 11.1 Å². The Morgan fingerprint density at radius 3 is 2.50 bits per heavy atom. The van der Waals surface area contributed by atoms with Gasteiger partial charge in [0.2, 0.25) is 5.78 Å². The molecule has 20 heavy (non-hydrogen) atoms. The number of rotatable bonds is 2. The van der Waals surface area contributed by atoms with Crippen molar-refractivity contribution >= 4 is 16.8 Å². The number of fused-ring (bicyclic) bond motifs is 3. The average Bonchev–Trinajstić information content (AvgIpc) is 3.05. The second-order valence-corrected chi connectivity index (χ2v) is 5.06. The molecule has 0 spiro atoms. The van der Waals surface area contributed by atoms with Crippen LogP contribution in [-0.2, 0) is 6.54 Å². The van der Waals surface area contributed by atoms with Crippen LogP contribution in [0.25, 0.3) is 16.8 Å². The van der Waals surface area contributed by atoms with E-state index in [1.54, 1.807) is 6.33 Å². The fourth-order valence-corrected chi connectivity index (χ4v) is 2.62. The summed E-state index contributed by atoms with van der Waals surface area (Å²) in [7, 11) is 0. The minimum atomic E-state index is 0.802. The zero-order chi connectivity index (χ0) is 13.5. The van der Waals surface area contributed by atoms with Crippen LogP contribution in [0, 0.1) is 6.92 Å². The topological polar surface area (TPSA) is 35.1 Å². The van der Waals surface area contributed by atoms with Crippen LogP contribution in [0.5, 0.6) is 0 Å². The van der Waals surface area contributed by atoms with E-state index < -0.39 is 0 Å². The molecular formula is C16H14N4. The predicted octanol–water partition coefficient (Wildman–Crippen LogP) is 3.04. The molecule has 2 aromatic heterocycles. The van der Waals surface area contributed by atoms with Gasteiger partial charge in [-0.1, -0.05) is 42.0 Å². The number of hydrogen-bond acceptors (Lipinski definition) is 2. The highest BCUT2D eigenvalue weighted by molar-refractivity contribution is 5.80. The number of aromatic nitrogens is 4. The second kappa shape index (κ2) is 4.20. The first-order chi connectivity index (χ1) is 9.83. The van der Waals surface area contributed by atoms with Gasteiger partial charge in [0.25, 0.3) is 0 Å². The fraction of sp³-hybridized carbons (Fsp3) is 0.125. The summed E-state index contributed by atoms with van der Waals surface area (Å²) in [5.41, 5.74) is 4.86. The largest absolute Gasteiger partial charge is 0.304 e. The SMILES string of the molecule is Cc1ccc(Cn2c3ccccc3n3cnnc23)cc1. The van der Waals surface area contributed by atoms with Crippen molar-refractivity contribution in [2.45, 2.75) is 13.5 Å². The van der Waals surface area contributed by atoms with Gasteiger partial charge in [-0.05, 0) is 24.6 Å². The number of aryl methyl sites for hydroxylation is 1. The number of benzene rings is 2. The highest BCUT2D eigenvalue weighted by Crippen LogP contribution is 2.20. The van der Waals surface area contributed by atoms with Crippen molar-refractivity contribution in [3.63, 3.8) is 0 Å². The van der Waals surface area contributed by atoms with Gasteiger partial charge in [0, 0.05) is 0 Å². The van der Waals surface area contributed by atoms with E-state index in [-0.39, 0.29) is 0 Å². The van der Waals surface area contributed by atoms with Crippen LogP contribution in [0.3, 0.4) is 0 Å². The summed E-state index contributed by atoms with van der Waals surface area (Å²) in [6.45, 7) is 2.90. The van der Waals surface area contributed by atoms with E-state index in [0.717, 1.165) is 17.8 Å². The molecule has 0 atom stereocenters. The third-order valence-corrected chi connectivity index (χ3v) is 3.66. The summed E-state index contributed by atoms with van der Waals surface area (Å²) in [6, 6.07) is 16.9. The molecule has 2 aromatic carbocycles. The van der Waals surface area contributed by atoms with Crippen molar-refractivity contribution in [2.75, 3.05) is 0 Å². The van der Waals surface area contributed by atoms with E-state index in [0.29, 0.717) is 0 Å². The molecule has 0 saturated heterocycles. The number of nitrogens with zero attached hydrogens (tertiary/aromatic N) is 4. The Bertz CT molecular complexity index is 884. The first-order valence-corrected chi connectivity index (χ1v) is 6.65. The van der Waals surface area contributed by atoms with E-state index in [2.05, 4.69) is 64.2 Å². The molecule has 0 radical (unpaired) electrons. The van der Waals surface area contributed by atoms with E-state index >= 15 is 0 Å². The van der Waals surface area contributed by atoms with Crippen LogP contribution in [-0.4, -0.2) is 19.2 Å². The Kier molecular flexibility index (Phi) is 2.36. The molecule has 98 valence electrons. The zero-order valence-corrected chi connectivity index (χ0v) is 11.2. The van der Waals surface area contributed by atoms with Crippen molar-refractivity contribution in [1.29, 1.82) is 0 Å². The number of para-hydroxylation sites is 2. The average molecular weight is 262 g/mol. The summed E-state index contributed by atoms with van der Waals surface area (Å²) in [5, 5.41) is 8.27. The lowest BCUT2D eigenvalue weighted by Crippen LogP contribution is -2.00. The van der Waals surface area contributed by atoms with Crippen LogP contribution in [0.15, 0.2) is 54.9 Å². The number of hydrogen-bond donors (Lipinski definition) is 0. The van der Waals surface area contributed by atoms with E-state index in [9.17, 15) is 0 Å². The van der Waals surface area contributed by atoms with E-state index in [4.69, 9.17) is 0 Å². The lowest BCUT2D eigenvalue weighted by Gasteiger charge is -2.05. The molecule has 4 aromatic rings. The maximum Gasteiger partial charge on any atom is 0.236 e. The minimum Gasteiger partial charge on any atom is -0.304 e. The van der Waals surface area contributed by atoms with Gasteiger partial charge in [-0.15, -0.1) is 10.2 Å². The molecule has 0 fully saturated rings. The van der Waals surface area contributed by atoms with Gasteiger partial charge in [-0.25, -0.2) is 0 Å². The maximum absolute atomic E-state index is 4.25. The summed E-state index contributed by atoms with van der Waals surface area (Å²) in [5.74, 6) is 0.881. The highest BCUT2D eigenvalue weighted by Gasteiger charge is 2.11. The molecule has 4 nitrogen and oxygen atoms in total. The summed E-state index contributed by atoms with van der Waals surface area (Å²) in [6.07, 6.45) is 1.77. The van der Waals surface area contributed by atoms with Gasteiger partial charge < -0.3 is 4.57 Å². The van der Waals surface area contributed by atoms with Gasteiger partial charge >= 0.3 is 0 Å². The van der Waals surface area contributed by atoms with Gasteiger partial charge in [0.15, 0.2) is 0 Å². The third kappa shape index (κ3) is 1.61. The van der Waals surface area contributed by atoms with Crippen LogP contribution in [0.2, 0.25) is 0 Å². The van der Waals surface area contributed by atoms with Crippen LogP contribution in [0.4, 0.5) is 0 Å². The van der Waals surface area contributed by atoms with Gasteiger partial charge in [0.05, 0.1) is 17.6 Å². The molecule has 0 saturated carbocycles. The molecule has 4 heteroatoms. The lowest BCUT2D eigenvalue weighted by molar-refractivity contribution is 0.839. The van der Waals surface area contributed by atoms with Crippen molar-refractivity contribution in [1.82, 2.24) is 19.2 Å². The maximum atomic E-state index is 4.25. The standard InChI is InChI=1S/C16H14N4/c1-12-6-8-13(9-7-12)10-19-14-4-2-3-5-15(14)20-11-17-18-16(19)20/h2-9,11H,10H2,1H3. The van der Waals surface area contributed by atoms with Crippen molar-refractivity contribution in [3.8, 4) is 0 Å². The molecule has 0 N–H and O–H groups in total. The van der Waals surface area contributed by atoms with Gasteiger partial charge in [0.1, 0.15) is 6.33 Å². The van der Waals surface area contributed by atoms with Gasteiger partial charge in [-0.3, -0.25) is 4.40 Å². The van der Waals surface area contributed by atoms with Crippen molar-refractivity contribution in [3.05, 3.63) is 66.0 Å². The van der Waals surface area contributed by atoms with Crippen LogP contribution >= 0.6 is 0 Å². The Balaban J connectivity index is 1.92. The monoisotopic (exact) mass is 262 g/mol. The molecule has 0 amide bonds. The first-order valence-electron chi connectivity index (χ1n) is 6.65. The molecule has 0 bridgehead atoms. The molecular weight excluding hydrogens is 248 g/mol. The molecule has 4 rings (SSSR count). The normalized spacial score (nSPS) is 11.4. The van der Waals surface area contributed by atoms with Crippen LogP contribution < -0.4 is 0 Å².